The van der Waals surface area contributed by atoms with E-state index < -0.39 is 0 Å². The number of anilines is 2. The molecule has 0 fully saturated rings. The molecule has 0 amide bonds. The van der Waals surface area contributed by atoms with Crippen LogP contribution in [0.15, 0.2) is 67.1 Å². The highest BCUT2D eigenvalue weighted by atomic mass is 16.3. The maximum Gasteiger partial charge on any atom is 0.153 e. The zero-order valence-electron chi connectivity index (χ0n) is 16.3. The van der Waals surface area contributed by atoms with Gasteiger partial charge < -0.3 is 15.7 Å². The van der Waals surface area contributed by atoms with Crippen LogP contribution in [0.3, 0.4) is 0 Å². The van der Waals surface area contributed by atoms with Crippen molar-refractivity contribution < 1.29 is 5.11 Å². The molecule has 146 valence electrons. The van der Waals surface area contributed by atoms with Crippen molar-refractivity contribution >= 4 is 30.6 Å². The van der Waals surface area contributed by atoms with E-state index in [1.165, 1.54) is 0 Å². The van der Waals surface area contributed by atoms with Gasteiger partial charge in [0.1, 0.15) is 19.5 Å². The second-order valence-electron chi connectivity index (χ2n) is 7.02. The Morgan fingerprint density at radius 3 is 2.66 bits per heavy atom. The van der Waals surface area contributed by atoms with E-state index in [9.17, 15) is 5.11 Å². The van der Waals surface area contributed by atoms with E-state index in [-0.39, 0.29) is 12.6 Å². The summed E-state index contributed by atoms with van der Waals surface area (Å²) in [4.78, 5) is 8.86. The topological polar surface area (TPSA) is 87.4 Å². The third-order valence-corrected chi connectivity index (χ3v) is 4.74. The maximum absolute atomic E-state index is 9.87. The molecule has 0 spiro atoms. The number of rotatable bonds is 8. The van der Waals surface area contributed by atoms with Crippen molar-refractivity contribution in [1.82, 2.24) is 19.6 Å². The molecule has 0 bridgehead atoms. The Hall–Kier alpha value is -3.39. The van der Waals surface area contributed by atoms with Crippen molar-refractivity contribution in [3.8, 4) is 0 Å². The number of benzene rings is 1. The van der Waals surface area contributed by atoms with Crippen LogP contribution in [0.25, 0.3) is 5.65 Å². The first-order chi connectivity index (χ1) is 14.2. The molecule has 0 aliphatic heterocycles. The van der Waals surface area contributed by atoms with Gasteiger partial charge in [-0.25, -0.2) is 4.98 Å². The lowest BCUT2D eigenvalue weighted by Gasteiger charge is -2.18. The van der Waals surface area contributed by atoms with Gasteiger partial charge in [0.2, 0.25) is 0 Å². The van der Waals surface area contributed by atoms with Gasteiger partial charge in [-0.05, 0) is 29.1 Å². The number of aliphatic hydroxyl groups excluding tert-OH is 1. The molecule has 0 saturated heterocycles. The van der Waals surface area contributed by atoms with Crippen LogP contribution in [0.1, 0.15) is 11.1 Å². The Kier molecular flexibility index (Phi) is 5.72. The summed E-state index contributed by atoms with van der Waals surface area (Å²) in [5.41, 5.74) is 4.01. The van der Waals surface area contributed by atoms with E-state index >= 15 is 0 Å². The molecule has 1 atom stereocenters. The van der Waals surface area contributed by atoms with E-state index in [4.69, 9.17) is 4.98 Å². The van der Waals surface area contributed by atoms with Gasteiger partial charge >= 0.3 is 0 Å². The average molecular weight is 386 g/mol. The quantitative estimate of drug-likeness (QED) is 0.392. The molecule has 3 heterocycles. The molecule has 4 aromatic rings. The van der Waals surface area contributed by atoms with Gasteiger partial charge in [0.25, 0.3) is 0 Å². The average Bonchev–Trinajstić information content (AvgIpc) is 3.14. The molecule has 29 heavy (non-hydrogen) atoms. The first kappa shape index (κ1) is 19.0. The minimum Gasteiger partial charge on any atom is -0.394 e. The first-order valence-corrected chi connectivity index (χ1v) is 9.62. The van der Waals surface area contributed by atoms with E-state index in [2.05, 4.69) is 32.8 Å². The van der Waals surface area contributed by atoms with E-state index in [1.54, 1.807) is 16.9 Å². The monoisotopic (exact) mass is 386 g/mol. The number of hydrogen-bond acceptors (Lipinski definition) is 6. The number of pyridine rings is 1. The van der Waals surface area contributed by atoms with Gasteiger partial charge in [-0.1, -0.05) is 36.4 Å². The molecule has 7 nitrogen and oxygen atoms in total. The van der Waals surface area contributed by atoms with Crippen LogP contribution >= 0.6 is 0 Å². The first-order valence-electron chi connectivity index (χ1n) is 9.62. The van der Waals surface area contributed by atoms with Crippen molar-refractivity contribution in [3.63, 3.8) is 0 Å². The van der Waals surface area contributed by atoms with E-state index in [1.807, 2.05) is 50.4 Å². The molecular weight excluding hydrogens is 363 g/mol. The minimum atomic E-state index is -0.137. The maximum atomic E-state index is 9.87. The Bertz CT molecular complexity index is 1070. The Morgan fingerprint density at radius 2 is 1.90 bits per heavy atom. The number of aliphatic hydroxyl groups is 1. The standard InChI is InChI=1S/C21H23BN6O/c22-18-13-25-28-20(24-12-16-7-4-8-23-11-16)10-19(27-21(18)28)26-17(14-29)9-15-5-2-1-3-6-15/h1-8,10-11,13,17,24,29H,9,12,14,22H2,(H,26,27)/t17-/m0/s1. The lowest BCUT2D eigenvalue weighted by Crippen LogP contribution is -2.27. The van der Waals surface area contributed by atoms with Crippen molar-refractivity contribution in [2.75, 3.05) is 17.2 Å². The zero-order valence-corrected chi connectivity index (χ0v) is 16.3. The number of hydrogen-bond donors (Lipinski definition) is 3. The van der Waals surface area contributed by atoms with Gasteiger partial charge in [0.15, 0.2) is 5.65 Å². The van der Waals surface area contributed by atoms with Crippen LogP contribution in [0, 0.1) is 0 Å². The molecule has 0 radical (unpaired) electrons. The predicted octanol–water partition coefficient (Wildman–Crippen LogP) is 1.01. The summed E-state index contributed by atoms with van der Waals surface area (Å²) in [7, 11) is 1.98. The fourth-order valence-corrected chi connectivity index (χ4v) is 3.24. The summed E-state index contributed by atoms with van der Waals surface area (Å²) >= 11 is 0. The molecule has 1 aromatic carbocycles. The van der Waals surface area contributed by atoms with Crippen molar-refractivity contribution in [2.45, 2.75) is 19.0 Å². The van der Waals surface area contributed by atoms with Crippen LogP contribution in [-0.2, 0) is 13.0 Å². The van der Waals surface area contributed by atoms with Crippen LogP contribution in [-0.4, -0.2) is 45.2 Å². The predicted molar refractivity (Wildman–Crippen MR) is 117 cm³/mol. The normalized spacial score (nSPS) is 12.0. The molecule has 4 rings (SSSR count). The molecular formula is C21H23BN6O. The number of aromatic nitrogens is 4. The summed E-state index contributed by atoms with van der Waals surface area (Å²) in [5, 5.41) is 21.1. The zero-order chi connectivity index (χ0) is 20.1. The molecule has 0 aliphatic rings. The molecule has 8 heteroatoms. The van der Waals surface area contributed by atoms with Gasteiger partial charge in [-0.3, -0.25) is 4.98 Å². The molecule has 0 saturated carbocycles. The molecule has 3 aromatic heterocycles. The SMILES string of the molecule is Bc1cnn2c(NCc3cccnc3)cc(N[C@H](CO)Cc3ccccc3)nc12. The highest BCUT2D eigenvalue weighted by molar-refractivity contribution is 6.36. The van der Waals surface area contributed by atoms with Crippen molar-refractivity contribution in [3.05, 3.63) is 78.2 Å². The Balaban J connectivity index is 1.57. The van der Waals surface area contributed by atoms with Crippen molar-refractivity contribution in [2.24, 2.45) is 0 Å². The third kappa shape index (κ3) is 4.55. The van der Waals surface area contributed by atoms with Gasteiger partial charge in [0.05, 0.1) is 12.6 Å². The molecule has 0 aliphatic carbocycles. The smallest absolute Gasteiger partial charge is 0.153 e. The van der Waals surface area contributed by atoms with Gasteiger partial charge in [-0.2, -0.15) is 9.61 Å². The van der Waals surface area contributed by atoms with Gasteiger partial charge in [0, 0.05) is 31.2 Å². The summed E-state index contributed by atoms with van der Waals surface area (Å²) in [6.45, 7) is 0.636. The lowest BCUT2D eigenvalue weighted by molar-refractivity contribution is 0.273. The van der Waals surface area contributed by atoms with E-state index in [0.717, 1.165) is 28.1 Å². The fraction of sp³-hybridized carbons (Fsp3) is 0.190. The molecule has 0 unspecified atom stereocenters. The van der Waals surface area contributed by atoms with Crippen LogP contribution in [0.5, 0.6) is 0 Å². The second-order valence-corrected chi connectivity index (χ2v) is 7.02. The van der Waals surface area contributed by atoms with Gasteiger partial charge in [-0.15, -0.1) is 0 Å². The highest BCUT2D eigenvalue weighted by Gasteiger charge is 2.13. The fourth-order valence-electron chi connectivity index (χ4n) is 3.24. The number of nitrogens with one attached hydrogen (secondary N) is 2. The highest BCUT2D eigenvalue weighted by Crippen LogP contribution is 2.17. The lowest BCUT2D eigenvalue weighted by atomic mass is 10.0. The van der Waals surface area contributed by atoms with Crippen LogP contribution in [0.4, 0.5) is 11.6 Å². The van der Waals surface area contributed by atoms with Crippen LogP contribution in [0.2, 0.25) is 0 Å². The summed E-state index contributed by atoms with van der Waals surface area (Å²) in [6.07, 6.45) is 6.10. The van der Waals surface area contributed by atoms with Crippen LogP contribution < -0.4 is 16.1 Å². The Labute approximate surface area is 170 Å². The van der Waals surface area contributed by atoms with Crippen molar-refractivity contribution in [1.29, 1.82) is 0 Å². The largest absolute Gasteiger partial charge is 0.394 e. The van der Waals surface area contributed by atoms with E-state index in [0.29, 0.717) is 18.8 Å². The number of fused-ring (bicyclic) bond motifs is 1. The molecule has 3 N–H and O–H groups in total. The Morgan fingerprint density at radius 1 is 1.07 bits per heavy atom. The summed E-state index contributed by atoms with van der Waals surface area (Å²) < 4.78 is 1.79. The minimum absolute atomic E-state index is 0.0123. The summed E-state index contributed by atoms with van der Waals surface area (Å²) in [5.74, 6) is 1.52. The number of nitrogens with zero attached hydrogens (tertiary/aromatic N) is 4. The summed E-state index contributed by atoms with van der Waals surface area (Å²) in [6, 6.07) is 15.8. The third-order valence-electron chi connectivity index (χ3n) is 4.74. The second kappa shape index (κ2) is 8.75.